The Labute approximate surface area is 143 Å². The maximum atomic E-state index is 13.7. The molecule has 0 saturated carbocycles. The normalized spacial score (nSPS) is 15.3. The first-order chi connectivity index (χ1) is 12.0. The van der Waals surface area contributed by atoms with Crippen LogP contribution < -0.4 is 0 Å². The van der Waals surface area contributed by atoms with Crippen LogP contribution in [-0.2, 0) is 17.9 Å². The summed E-state index contributed by atoms with van der Waals surface area (Å²) in [5, 5.41) is 14.5. The van der Waals surface area contributed by atoms with E-state index in [0.717, 1.165) is 6.20 Å². The Morgan fingerprint density at radius 2 is 1.96 bits per heavy atom. The highest BCUT2D eigenvalue weighted by molar-refractivity contribution is 5.76. The van der Waals surface area contributed by atoms with Crippen molar-refractivity contribution < 1.29 is 14.1 Å². The van der Waals surface area contributed by atoms with E-state index < -0.39 is 4.92 Å². The zero-order valence-electron chi connectivity index (χ0n) is 13.5. The molecule has 2 heterocycles. The molecule has 0 bridgehead atoms. The number of nitro groups is 1. The smallest absolute Gasteiger partial charge is 0.307 e. The lowest BCUT2D eigenvalue weighted by Gasteiger charge is -2.34. The lowest BCUT2D eigenvalue weighted by molar-refractivity contribution is -0.385. The van der Waals surface area contributed by atoms with E-state index in [4.69, 9.17) is 0 Å². The average molecular weight is 347 g/mol. The highest BCUT2D eigenvalue weighted by Crippen LogP contribution is 2.13. The predicted octanol–water partition coefficient (Wildman–Crippen LogP) is 1.27. The number of piperazine rings is 1. The molecule has 1 amide bonds. The van der Waals surface area contributed by atoms with Gasteiger partial charge >= 0.3 is 5.69 Å². The van der Waals surface area contributed by atoms with Gasteiger partial charge in [0.05, 0.1) is 4.92 Å². The van der Waals surface area contributed by atoms with Crippen LogP contribution in [0.15, 0.2) is 36.7 Å². The van der Waals surface area contributed by atoms with Crippen molar-refractivity contribution in [2.24, 2.45) is 0 Å². The van der Waals surface area contributed by atoms with Gasteiger partial charge in [-0.1, -0.05) is 18.2 Å². The minimum absolute atomic E-state index is 0.0266. The average Bonchev–Trinajstić information content (AvgIpc) is 3.06. The van der Waals surface area contributed by atoms with Gasteiger partial charge in [-0.2, -0.15) is 5.10 Å². The number of aromatic nitrogens is 2. The zero-order valence-corrected chi connectivity index (χ0v) is 13.5. The number of halogens is 1. The van der Waals surface area contributed by atoms with Gasteiger partial charge in [-0.3, -0.25) is 24.5 Å². The molecule has 1 aliphatic rings. The Morgan fingerprint density at radius 1 is 1.24 bits per heavy atom. The van der Waals surface area contributed by atoms with Crippen LogP contribution in [0.4, 0.5) is 10.1 Å². The third-order valence-corrected chi connectivity index (χ3v) is 4.20. The molecule has 0 atom stereocenters. The number of amides is 1. The lowest BCUT2D eigenvalue weighted by Crippen LogP contribution is -2.49. The largest absolute Gasteiger partial charge is 0.339 e. The molecule has 9 heteroatoms. The number of rotatable bonds is 5. The van der Waals surface area contributed by atoms with Crippen LogP contribution in [-0.4, -0.2) is 56.6 Å². The second kappa shape index (κ2) is 7.39. The van der Waals surface area contributed by atoms with Crippen molar-refractivity contribution in [2.75, 3.05) is 26.2 Å². The van der Waals surface area contributed by atoms with Crippen LogP contribution in [0.25, 0.3) is 0 Å². The van der Waals surface area contributed by atoms with Crippen molar-refractivity contribution in [1.29, 1.82) is 0 Å². The molecule has 0 aliphatic carbocycles. The number of hydrogen-bond donors (Lipinski definition) is 0. The van der Waals surface area contributed by atoms with Gasteiger partial charge in [-0.05, 0) is 6.07 Å². The van der Waals surface area contributed by atoms with E-state index in [9.17, 15) is 19.3 Å². The minimum Gasteiger partial charge on any atom is -0.339 e. The molecule has 0 N–H and O–H groups in total. The zero-order chi connectivity index (χ0) is 17.8. The van der Waals surface area contributed by atoms with Crippen LogP contribution in [0.5, 0.6) is 0 Å². The molecule has 132 valence electrons. The van der Waals surface area contributed by atoms with Gasteiger partial charge in [0, 0.05) is 38.3 Å². The van der Waals surface area contributed by atoms with Gasteiger partial charge in [-0.15, -0.1) is 0 Å². The van der Waals surface area contributed by atoms with Crippen molar-refractivity contribution in [3.63, 3.8) is 0 Å². The Kier molecular flexibility index (Phi) is 5.03. The Morgan fingerprint density at radius 3 is 2.60 bits per heavy atom. The minimum atomic E-state index is -0.546. The van der Waals surface area contributed by atoms with Crippen LogP contribution in [0.2, 0.25) is 0 Å². The summed E-state index contributed by atoms with van der Waals surface area (Å²) in [6.45, 7) is 2.87. The van der Waals surface area contributed by atoms with E-state index in [1.54, 1.807) is 17.0 Å². The summed E-state index contributed by atoms with van der Waals surface area (Å²) in [6, 6.07) is 6.67. The molecule has 0 radical (unpaired) electrons. The monoisotopic (exact) mass is 347 g/mol. The number of benzene rings is 1. The summed E-state index contributed by atoms with van der Waals surface area (Å²) in [5.74, 6) is -0.357. The van der Waals surface area contributed by atoms with Crippen LogP contribution in [0, 0.1) is 15.9 Å². The fourth-order valence-electron chi connectivity index (χ4n) is 2.79. The molecule has 0 unspecified atom stereocenters. The van der Waals surface area contributed by atoms with Gasteiger partial charge in [0.1, 0.15) is 24.8 Å². The van der Waals surface area contributed by atoms with Crippen molar-refractivity contribution >= 4 is 11.6 Å². The second-order valence-electron chi connectivity index (χ2n) is 5.90. The van der Waals surface area contributed by atoms with E-state index in [1.165, 1.54) is 16.9 Å². The molecular formula is C16H18FN5O3. The molecule has 3 rings (SSSR count). The molecule has 1 aromatic carbocycles. The van der Waals surface area contributed by atoms with Crippen molar-refractivity contribution in [3.8, 4) is 0 Å². The Balaban J connectivity index is 1.50. The maximum absolute atomic E-state index is 13.7. The molecule has 1 saturated heterocycles. The maximum Gasteiger partial charge on any atom is 0.307 e. The molecule has 25 heavy (non-hydrogen) atoms. The van der Waals surface area contributed by atoms with Gasteiger partial charge in [0.2, 0.25) is 5.91 Å². The number of hydrogen-bond acceptors (Lipinski definition) is 5. The van der Waals surface area contributed by atoms with Crippen LogP contribution in [0.3, 0.4) is 0 Å². The highest BCUT2D eigenvalue weighted by Gasteiger charge is 2.22. The third-order valence-electron chi connectivity index (χ3n) is 4.20. The van der Waals surface area contributed by atoms with Gasteiger partial charge in [0.15, 0.2) is 0 Å². The van der Waals surface area contributed by atoms with E-state index in [2.05, 4.69) is 10.00 Å². The summed E-state index contributed by atoms with van der Waals surface area (Å²) in [7, 11) is 0. The summed E-state index contributed by atoms with van der Waals surface area (Å²) >= 11 is 0. The number of nitrogens with zero attached hydrogens (tertiary/aromatic N) is 5. The molecular weight excluding hydrogens is 329 g/mol. The quantitative estimate of drug-likeness (QED) is 0.601. The highest BCUT2D eigenvalue weighted by atomic mass is 19.1. The molecule has 2 aromatic rings. The van der Waals surface area contributed by atoms with Gasteiger partial charge in [0.25, 0.3) is 0 Å². The Bertz CT molecular complexity index is 771. The molecule has 1 aromatic heterocycles. The fraction of sp³-hybridized carbons (Fsp3) is 0.375. The number of carbonyl (C=O) groups excluding carboxylic acids is 1. The van der Waals surface area contributed by atoms with Crippen LogP contribution in [0.1, 0.15) is 5.56 Å². The standard InChI is InChI=1S/C16H18FN5O3/c17-15-4-2-1-3-13(15)10-19-5-7-20(8-6-19)16(23)12-21-11-14(9-18-21)22(24)25/h1-4,9,11H,5-8,10,12H2. The molecule has 1 aliphatic heterocycles. The summed E-state index contributed by atoms with van der Waals surface area (Å²) in [5.41, 5.74) is 0.508. The topological polar surface area (TPSA) is 84.5 Å². The lowest BCUT2D eigenvalue weighted by atomic mass is 10.2. The van der Waals surface area contributed by atoms with Gasteiger partial charge in [-0.25, -0.2) is 4.39 Å². The third kappa shape index (κ3) is 4.18. The summed E-state index contributed by atoms with van der Waals surface area (Å²) < 4.78 is 15.0. The fourth-order valence-corrected chi connectivity index (χ4v) is 2.79. The SMILES string of the molecule is O=C(Cn1cc([N+](=O)[O-])cn1)N1CCN(Cc2ccccc2F)CC1. The Hall–Kier alpha value is -2.81. The van der Waals surface area contributed by atoms with E-state index in [1.807, 2.05) is 6.07 Å². The van der Waals surface area contributed by atoms with Gasteiger partial charge < -0.3 is 4.90 Å². The first kappa shape index (κ1) is 17.0. The summed E-state index contributed by atoms with van der Waals surface area (Å²) in [6.07, 6.45) is 2.37. The van der Waals surface area contributed by atoms with Crippen molar-refractivity contribution in [1.82, 2.24) is 19.6 Å². The van der Waals surface area contributed by atoms with Crippen molar-refractivity contribution in [3.05, 3.63) is 58.2 Å². The number of carbonyl (C=O) groups is 1. The van der Waals surface area contributed by atoms with E-state index >= 15 is 0 Å². The van der Waals surface area contributed by atoms with Crippen molar-refractivity contribution in [2.45, 2.75) is 13.1 Å². The molecule has 0 spiro atoms. The molecule has 1 fully saturated rings. The van der Waals surface area contributed by atoms with E-state index in [-0.39, 0.29) is 24.0 Å². The predicted molar refractivity (Wildman–Crippen MR) is 87.1 cm³/mol. The first-order valence-electron chi connectivity index (χ1n) is 7.93. The van der Waals surface area contributed by atoms with Crippen LogP contribution >= 0.6 is 0 Å². The molecule has 8 nitrogen and oxygen atoms in total. The second-order valence-corrected chi connectivity index (χ2v) is 5.90. The first-order valence-corrected chi connectivity index (χ1v) is 7.93. The summed E-state index contributed by atoms with van der Waals surface area (Å²) in [4.78, 5) is 26.2. The van der Waals surface area contributed by atoms with E-state index in [0.29, 0.717) is 38.3 Å².